The summed E-state index contributed by atoms with van der Waals surface area (Å²) in [6, 6.07) is 19.6. The minimum atomic E-state index is -0.553. The van der Waals surface area contributed by atoms with Crippen molar-refractivity contribution in [1.82, 2.24) is 9.78 Å². The molecule has 0 aliphatic heterocycles. The molecule has 0 aliphatic rings. The molecule has 10 heteroatoms. The number of benzene rings is 3. The normalized spacial score (nSPS) is 10.5. The lowest BCUT2D eigenvalue weighted by molar-refractivity contribution is -0.384. The predicted molar refractivity (Wildman–Crippen MR) is 127 cm³/mol. The highest BCUT2D eigenvalue weighted by atomic mass is 35.5. The van der Waals surface area contributed by atoms with Gasteiger partial charge in [0.15, 0.2) is 6.73 Å². The van der Waals surface area contributed by atoms with Crippen LogP contribution in [0.3, 0.4) is 0 Å². The van der Waals surface area contributed by atoms with Gasteiger partial charge in [-0.05, 0) is 55.0 Å². The first kappa shape index (κ1) is 22.8. The number of aromatic nitrogens is 2. The van der Waals surface area contributed by atoms with Gasteiger partial charge >= 0.3 is 0 Å². The molecule has 9 nitrogen and oxygen atoms in total. The molecule has 0 unspecified atom stereocenters. The lowest BCUT2D eigenvalue weighted by Gasteiger charge is -2.12. The van der Waals surface area contributed by atoms with Crippen molar-refractivity contribution in [3.05, 3.63) is 105 Å². The quantitative estimate of drug-likeness (QED) is 0.252. The number of nitrogens with one attached hydrogen (secondary N) is 1. The molecule has 34 heavy (non-hydrogen) atoms. The average Bonchev–Trinajstić information content (AvgIpc) is 3.27. The molecule has 0 saturated carbocycles. The maximum absolute atomic E-state index is 12.9. The number of hydrogen-bond donors (Lipinski definition) is 1. The maximum Gasteiger partial charge on any atom is 0.275 e. The second kappa shape index (κ2) is 10.1. The van der Waals surface area contributed by atoms with Crippen LogP contribution in [-0.4, -0.2) is 20.6 Å². The van der Waals surface area contributed by atoms with Gasteiger partial charge in [0, 0.05) is 23.4 Å². The van der Waals surface area contributed by atoms with Crippen molar-refractivity contribution in [3.8, 4) is 17.2 Å². The van der Waals surface area contributed by atoms with Crippen LogP contribution in [-0.2, 0) is 6.73 Å². The number of halogens is 1. The Morgan fingerprint density at radius 1 is 1.06 bits per heavy atom. The van der Waals surface area contributed by atoms with E-state index in [4.69, 9.17) is 21.1 Å². The minimum absolute atomic E-state index is 0.0198. The summed E-state index contributed by atoms with van der Waals surface area (Å²) in [4.78, 5) is 23.8. The van der Waals surface area contributed by atoms with Crippen LogP contribution in [0.1, 0.15) is 16.1 Å². The summed E-state index contributed by atoms with van der Waals surface area (Å²) in [6.45, 7) is 1.89. The number of nitro benzene ring substituents is 1. The van der Waals surface area contributed by atoms with Crippen molar-refractivity contribution in [1.29, 1.82) is 0 Å². The Kier molecular flexibility index (Phi) is 6.74. The number of carbonyl (C=O) groups excluding carboxylic acids is 1. The van der Waals surface area contributed by atoms with E-state index in [2.05, 4.69) is 10.4 Å². The van der Waals surface area contributed by atoms with E-state index in [9.17, 15) is 14.9 Å². The number of nitro groups is 1. The van der Waals surface area contributed by atoms with Crippen LogP contribution in [0.2, 0.25) is 5.02 Å². The van der Waals surface area contributed by atoms with Crippen LogP contribution in [0.4, 0.5) is 11.4 Å². The smallest absolute Gasteiger partial charge is 0.275 e. The summed E-state index contributed by atoms with van der Waals surface area (Å²) in [5, 5.41) is 18.8. The number of carbonyl (C=O) groups is 1. The Balaban J connectivity index is 1.51. The Hall–Kier alpha value is -4.37. The Labute approximate surface area is 199 Å². The monoisotopic (exact) mass is 478 g/mol. The van der Waals surface area contributed by atoms with Gasteiger partial charge in [0.25, 0.3) is 11.6 Å². The molecule has 4 rings (SSSR count). The molecule has 3 aromatic carbocycles. The molecule has 172 valence electrons. The molecule has 1 aromatic heterocycles. The zero-order valence-electron chi connectivity index (χ0n) is 18.0. The van der Waals surface area contributed by atoms with Crippen LogP contribution in [0.15, 0.2) is 79.0 Å². The van der Waals surface area contributed by atoms with Gasteiger partial charge in [0.05, 0.1) is 16.7 Å². The van der Waals surface area contributed by atoms with Gasteiger partial charge in [-0.15, -0.1) is 0 Å². The van der Waals surface area contributed by atoms with E-state index in [-0.39, 0.29) is 29.5 Å². The molecule has 1 N–H and O–H groups in total. The van der Waals surface area contributed by atoms with Crippen molar-refractivity contribution in [2.24, 2.45) is 0 Å². The fourth-order valence-electron chi connectivity index (χ4n) is 3.12. The van der Waals surface area contributed by atoms with Gasteiger partial charge in [-0.1, -0.05) is 23.7 Å². The standard InChI is InChI=1S/C24H19ClN4O5/c1-16-3-2-4-21(11-16)34-22-13-18(12-19(14-22)29(31)32)27-24(30)23-9-10-26-28(23)15-33-20-7-5-17(25)6-8-20/h2-14H,15H2,1H3,(H,27,30). The molecule has 0 bridgehead atoms. The topological polar surface area (TPSA) is 109 Å². The molecule has 1 amide bonds. The summed E-state index contributed by atoms with van der Waals surface area (Å²) < 4.78 is 12.8. The molecule has 1 heterocycles. The van der Waals surface area contributed by atoms with E-state index in [0.717, 1.165) is 5.56 Å². The van der Waals surface area contributed by atoms with E-state index < -0.39 is 10.8 Å². The molecule has 0 fully saturated rings. The van der Waals surface area contributed by atoms with E-state index >= 15 is 0 Å². The number of ether oxygens (including phenoxy) is 2. The van der Waals surface area contributed by atoms with Gasteiger partial charge in [0.1, 0.15) is 22.9 Å². The first-order valence-electron chi connectivity index (χ1n) is 10.1. The molecule has 0 atom stereocenters. The maximum atomic E-state index is 12.9. The first-order chi connectivity index (χ1) is 16.4. The van der Waals surface area contributed by atoms with Gasteiger partial charge in [0.2, 0.25) is 0 Å². The first-order valence-corrected chi connectivity index (χ1v) is 10.5. The number of rotatable bonds is 8. The average molecular weight is 479 g/mol. The Morgan fingerprint density at radius 3 is 2.59 bits per heavy atom. The highest BCUT2D eigenvalue weighted by Gasteiger charge is 2.17. The summed E-state index contributed by atoms with van der Waals surface area (Å²) in [6.07, 6.45) is 1.46. The van der Waals surface area contributed by atoms with Crippen molar-refractivity contribution < 1.29 is 19.2 Å². The predicted octanol–water partition coefficient (Wildman–Crippen LogP) is 5.83. The fourth-order valence-corrected chi connectivity index (χ4v) is 3.25. The van der Waals surface area contributed by atoms with Crippen molar-refractivity contribution in [3.63, 3.8) is 0 Å². The molecule has 0 radical (unpaired) electrons. The molecule has 0 saturated heterocycles. The van der Waals surface area contributed by atoms with Crippen LogP contribution in [0, 0.1) is 17.0 Å². The van der Waals surface area contributed by atoms with Gasteiger partial charge in [-0.3, -0.25) is 14.9 Å². The van der Waals surface area contributed by atoms with E-state index in [0.29, 0.717) is 16.5 Å². The molecule has 0 aliphatic carbocycles. The lowest BCUT2D eigenvalue weighted by Crippen LogP contribution is -2.19. The third kappa shape index (κ3) is 5.70. The second-order valence-electron chi connectivity index (χ2n) is 7.29. The zero-order chi connectivity index (χ0) is 24.1. The fraction of sp³-hybridized carbons (Fsp3) is 0.0833. The van der Waals surface area contributed by atoms with Crippen molar-refractivity contribution >= 4 is 28.9 Å². The highest BCUT2D eigenvalue weighted by Crippen LogP contribution is 2.30. The van der Waals surface area contributed by atoms with Crippen LogP contribution < -0.4 is 14.8 Å². The van der Waals surface area contributed by atoms with Crippen LogP contribution in [0.5, 0.6) is 17.2 Å². The van der Waals surface area contributed by atoms with Crippen LogP contribution >= 0.6 is 11.6 Å². The Bertz CT molecular complexity index is 1340. The van der Waals surface area contributed by atoms with E-state index in [1.807, 2.05) is 19.1 Å². The highest BCUT2D eigenvalue weighted by molar-refractivity contribution is 6.30. The number of nitrogens with zero attached hydrogens (tertiary/aromatic N) is 3. The zero-order valence-corrected chi connectivity index (χ0v) is 18.7. The number of amides is 1. The molecule has 4 aromatic rings. The van der Waals surface area contributed by atoms with Gasteiger partial charge < -0.3 is 14.8 Å². The lowest BCUT2D eigenvalue weighted by atomic mass is 10.2. The second-order valence-corrected chi connectivity index (χ2v) is 7.73. The van der Waals surface area contributed by atoms with E-state index in [1.165, 1.54) is 35.1 Å². The third-order valence-corrected chi connectivity index (χ3v) is 4.95. The van der Waals surface area contributed by atoms with E-state index in [1.54, 1.807) is 36.4 Å². The van der Waals surface area contributed by atoms with Crippen LogP contribution in [0.25, 0.3) is 0 Å². The largest absolute Gasteiger partial charge is 0.471 e. The Morgan fingerprint density at radius 2 is 1.85 bits per heavy atom. The van der Waals surface area contributed by atoms with Crippen molar-refractivity contribution in [2.45, 2.75) is 13.7 Å². The number of anilines is 1. The summed E-state index contributed by atoms with van der Waals surface area (Å²) >= 11 is 5.87. The molecule has 0 spiro atoms. The van der Waals surface area contributed by atoms with Gasteiger partial charge in [-0.2, -0.15) is 5.10 Å². The summed E-state index contributed by atoms with van der Waals surface area (Å²) in [5.74, 6) is 0.784. The molecular weight excluding hydrogens is 460 g/mol. The van der Waals surface area contributed by atoms with Gasteiger partial charge in [-0.25, -0.2) is 4.68 Å². The number of hydrogen-bond acceptors (Lipinski definition) is 6. The summed E-state index contributed by atoms with van der Waals surface area (Å²) in [7, 11) is 0. The minimum Gasteiger partial charge on any atom is -0.471 e. The van der Waals surface area contributed by atoms with Crippen molar-refractivity contribution in [2.75, 3.05) is 5.32 Å². The SMILES string of the molecule is Cc1cccc(Oc2cc(NC(=O)c3ccnn3COc3ccc(Cl)cc3)cc([N+](=O)[O-])c2)c1. The number of non-ortho nitro benzene ring substituents is 1. The molecular formula is C24H19ClN4O5. The number of aryl methyl sites for hydroxylation is 1. The third-order valence-electron chi connectivity index (χ3n) is 4.70. The summed E-state index contributed by atoms with van der Waals surface area (Å²) in [5.41, 5.74) is 1.17.